The lowest BCUT2D eigenvalue weighted by atomic mass is 10.2. The van der Waals surface area contributed by atoms with Gasteiger partial charge in [-0.3, -0.25) is 5.43 Å². The number of nitrogens with one attached hydrogen (secondary N) is 1. The second-order valence-corrected chi connectivity index (χ2v) is 5.53. The lowest BCUT2D eigenvalue weighted by Crippen LogP contribution is -2.03. The molecule has 2 rings (SSSR count). The zero-order valence-electron chi connectivity index (χ0n) is 12.4. The minimum atomic E-state index is -0.734. The summed E-state index contributed by atoms with van der Waals surface area (Å²) >= 11 is 1.40. The van der Waals surface area contributed by atoms with E-state index in [1.54, 1.807) is 0 Å². The van der Waals surface area contributed by atoms with Gasteiger partial charge < -0.3 is 4.74 Å². The standard InChI is InChI=1S/C15H17F2N3OS/c1-3-4-5-21-14-11(6-12(16)7-13(14)17)8-18-20-15-19-10(2)9-22-15/h6-9H,3-5H2,1-2H3,(H,19,20). The molecule has 0 aliphatic heterocycles. The Labute approximate surface area is 131 Å². The molecule has 2 aromatic rings. The van der Waals surface area contributed by atoms with E-state index in [1.165, 1.54) is 23.6 Å². The van der Waals surface area contributed by atoms with Crippen LogP contribution >= 0.6 is 11.3 Å². The second-order valence-electron chi connectivity index (χ2n) is 4.67. The van der Waals surface area contributed by atoms with Crippen molar-refractivity contribution in [1.29, 1.82) is 0 Å². The van der Waals surface area contributed by atoms with Crippen LogP contribution in [0, 0.1) is 18.6 Å². The fourth-order valence-corrected chi connectivity index (χ4v) is 2.35. The molecule has 0 fully saturated rings. The molecule has 0 aliphatic rings. The molecule has 0 unspecified atom stereocenters. The summed E-state index contributed by atoms with van der Waals surface area (Å²) in [4.78, 5) is 4.17. The number of halogens is 2. The Balaban J connectivity index is 2.13. The first-order valence-corrected chi connectivity index (χ1v) is 7.81. The van der Waals surface area contributed by atoms with Gasteiger partial charge in [-0.25, -0.2) is 13.8 Å². The molecule has 0 bridgehead atoms. The van der Waals surface area contributed by atoms with Crippen LogP contribution < -0.4 is 10.2 Å². The Morgan fingerprint density at radius 1 is 1.41 bits per heavy atom. The Morgan fingerprint density at radius 3 is 2.91 bits per heavy atom. The Hall–Kier alpha value is -2.02. The number of thiazole rings is 1. The lowest BCUT2D eigenvalue weighted by Gasteiger charge is -2.09. The summed E-state index contributed by atoms with van der Waals surface area (Å²) in [5.74, 6) is -1.40. The first kappa shape index (κ1) is 16.4. The molecule has 0 saturated heterocycles. The van der Waals surface area contributed by atoms with E-state index in [0.29, 0.717) is 11.7 Å². The number of benzene rings is 1. The van der Waals surface area contributed by atoms with E-state index >= 15 is 0 Å². The molecule has 118 valence electrons. The highest BCUT2D eigenvalue weighted by atomic mass is 32.1. The predicted octanol–water partition coefficient (Wildman–Crippen LogP) is 4.35. The third-order valence-corrected chi connectivity index (χ3v) is 3.63. The van der Waals surface area contributed by atoms with Crippen molar-refractivity contribution in [1.82, 2.24) is 4.98 Å². The molecule has 1 N–H and O–H groups in total. The van der Waals surface area contributed by atoms with E-state index in [2.05, 4.69) is 15.5 Å². The zero-order valence-corrected chi connectivity index (χ0v) is 13.2. The van der Waals surface area contributed by atoms with Gasteiger partial charge >= 0.3 is 0 Å². The quantitative estimate of drug-likeness (QED) is 0.467. The van der Waals surface area contributed by atoms with Gasteiger partial charge in [0.2, 0.25) is 5.13 Å². The molecule has 0 atom stereocenters. The maximum absolute atomic E-state index is 13.8. The largest absolute Gasteiger partial charge is 0.490 e. The van der Waals surface area contributed by atoms with Crippen LogP contribution in [0.5, 0.6) is 5.75 Å². The topological polar surface area (TPSA) is 46.5 Å². The summed E-state index contributed by atoms with van der Waals surface area (Å²) in [5.41, 5.74) is 3.85. The Kier molecular flexibility index (Phi) is 5.83. The summed E-state index contributed by atoms with van der Waals surface area (Å²) < 4.78 is 32.6. The number of anilines is 1. The van der Waals surface area contributed by atoms with Crippen LogP contribution in [-0.4, -0.2) is 17.8 Å². The summed E-state index contributed by atoms with van der Waals surface area (Å²) in [6.45, 7) is 4.25. The fourth-order valence-electron chi connectivity index (χ4n) is 1.71. The van der Waals surface area contributed by atoms with Crippen LogP contribution in [0.3, 0.4) is 0 Å². The van der Waals surface area contributed by atoms with Crippen LogP contribution in [0.15, 0.2) is 22.6 Å². The maximum atomic E-state index is 13.8. The van der Waals surface area contributed by atoms with E-state index in [1.807, 2.05) is 19.2 Å². The number of hydrogen-bond acceptors (Lipinski definition) is 5. The SMILES string of the molecule is CCCCOc1c(F)cc(F)cc1C=NNc1nc(C)cs1. The van der Waals surface area contributed by atoms with Crippen LogP contribution in [0.2, 0.25) is 0 Å². The van der Waals surface area contributed by atoms with E-state index in [0.717, 1.165) is 24.6 Å². The van der Waals surface area contributed by atoms with Gasteiger partial charge in [0.1, 0.15) is 5.82 Å². The molecule has 0 radical (unpaired) electrons. The number of ether oxygens (including phenoxy) is 1. The fraction of sp³-hybridized carbons (Fsp3) is 0.333. The minimum Gasteiger partial charge on any atom is -0.490 e. The van der Waals surface area contributed by atoms with Gasteiger partial charge in [0, 0.05) is 17.0 Å². The van der Waals surface area contributed by atoms with Gasteiger partial charge in [0.25, 0.3) is 0 Å². The average Bonchev–Trinajstić information content (AvgIpc) is 2.87. The van der Waals surface area contributed by atoms with E-state index in [4.69, 9.17) is 4.74 Å². The van der Waals surface area contributed by atoms with Crippen molar-refractivity contribution in [2.75, 3.05) is 12.0 Å². The van der Waals surface area contributed by atoms with Crippen LogP contribution in [0.1, 0.15) is 31.0 Å². The molecule has 7 heteroatoms. The highest BCUT2D eigenvalue weighted by Crippen LogP contribution is 2.23. The van der Waals surface area contributed by atoms with E-state index in [9.17, 15) is 8.78 Å². The van der Waals surface area contributed by atoms with Gasteiger partial charge in [-0.1, -0.05) is 13.3 Å². The third kappa shape index (κ3) is 4.49. The Morgan fingerprint density at radius 2 is 2.23 bits per heavy atom. The van der Waals surface area contributed by atoms with Gasteiger partial charge in [-0.2, -0.15) is 5.10 Å². The maximum Gasteiger partial charge on any atom is 0.203 e. The van der Waals surface area contributed by atoms with Crippen molar-refractivity contribution < 1.29 is 13.5 Å². The summed E-state index contributed by atoms with van der Waals surface area (Å²) in [5, 5.41) is 6.44. The molecule has 1 heterocycles. The van der Waals surface area contributed by atoms with Gasteiger partial charge in [0.05, 0.1) is 18.5 Å². The second kappa shape index (κ2) is 7.84. The van der Waals surface area contributed by atoms with Crippen LogP contribution in [-0.2, 0) is 0 Å². The lowest BCUT2D eigenvalue weighted by molar-refractivity contribution is 0.293. The highest BCUT2D eigenvalue weighted by Gasteiger charge is 2.11. The number of aromatic nitrogens is 1. The number of hydrazone groups is 1. The minimum absolute atomic E-state index is 0.00993. The van der Waals surface area contributed by atoms with Crippen molar-refractivity contribution >= 4 is 22.7 Å². The molecule has 4 nitrogen and oxygen atoms in total. The molecule has 1 aromatic heterocycles. The van der Waals surface area contributed by atoms with Gasteiger partial charge in [0.15, 0.2) is 11.6 Å². The average molecular weight is 325 g/mol. The Bertz CT molecular complexity index is 658. The van der Waals surface area contributed by atoms with Crippen LogP contribution in [0.4, 0.5) is 13.9 Å². The van der Waals surface area contributed by atoms with Crippen molar-refractivity contribution in [2.24, 2.45) is 5.10 Å². The highest BCUT2D eigenvalue weighted by molar-refractivity contribution is 7.13. The molecular formula is C15H17F2N3OS. The van der Waals surface area contributed by atoms with E-state index < -0.39 is 11.6 Å². The monoisotopic (exact) mass is 325 g/mol. The van der Waals surface area contributed by atoms with Gasteiger partial charge in [-0.15, -0.1) is 11.3 Å². The number of unbranched alkanes of at least 4 members (excludes halogenated alkanes) is 1. The molecule has 0 aliphatic carbocycles. The molecular weight excluding hydrogens is 308 g/mol. The number of hydrogen-bond donors (Lipinski definition) is 1. The number of aryl methyl sites for hydroxylation is 1. The predicted molar refractivity (Wildman–Crippen MR) is 84.8 cm³/mol. The molecule has 22 heavy (non-hydrogen) atoms. The first-order valence-electron chi connectivity index (χ1n) is 6.93. The van der Waals surface area contributed by atoms with Crippen LogP contribution in [0.25, 0.3) is 0 Å². The number of nitrogens with zero attached hydrogens (tertiary/aromatic N) is 2. The van der Waals surface area contributed by atoms with Crippen molar-refractivity contribution in [3.05, 3.63) is 40.4 Å². The molecule has 0 spiro atoms. The summed E-state index contributed by atoms with van der Waals surface area (Å²) in [6.07, 6.45) is 3.05. The van der Waals surface area contributed by atoms with Crippen molar-refractivity contribution in [3.63, 3.8) is 0 Å². The zero-order chi connectivity index (χ0) is 15.9. The molecule has 0 amide bonds. The molecule has 0 saturated carbocycles. The van der Waals surface area contributed by atoms with E-state index in [-0.39, 0.29) is 11.3 Å². The molecule has 1 aromatic carbocycles. The summed E-state index contributed by atoms with van der Waals surface area (Å²) in [7, 11) is 0. The third-order valence-electron chi connectivity index (χ3n) is 2.76. The van der Waals surface area contributed by atoms with Crippen molar-refractivity contribution in [2.45, 2.75) is 26.7 Å². The normalized spacial score (nSPS) is 11.1. The summed E-state index contributed by atoms with van der Waals surface area (Å²) in [6, 6.07) is 1.98. The van der Waals surface area contributed by atoms with Gasteiger partial charge in [-0.05, 0) is 19.4 Å². The van der Waals surface area contributed by atoms with Crippen molar-refractivity contribution in [3.8, 4) is 5.75 Å². The smallest absolute Gasteiger partial charge is 0.203 e. The first-order chi connectivity index (χ1) is 10.6. The number of rotatable bonds is 7.